The van der Waals surface area contributed by atoms with Crippen molar-refractivity contribution in [2.75, 3.05) is 23.0 Å². The lowest BCUT2D eigenvalue weighted by Crippen LogP contribution is -2.29. The third kappa shape index (κ3) is 5.40. The maximum absolute atomic E-state index is 11.7. The first-order chi connectivity index (χ1) is 16.5. The molecule has 174 valence electrons. The van der Waals surface area contributed by atoms with Crippen molar-refractivity contribution in [3.8, 4) is 11.5 Å². The summed E-state index contributed by atoms with van der Waals surface area (Å²) >= 11 is 0. The molecular formula is C26H24N2O6. The molecule has 2 aliphatic rings. The molecule has 0 atom stereocenters. The highest BCUT2D eigenvalue weighted by atomic mass is 16.5. The Kier molecular flexibility index (Phi) is 7.17. The normalized spacial score (nSPS) is 15.1. The van der Waals surface area contributed by atoms with E-state index in [0.29, 0.717) is 36.1 Å². The fraction of sp³-hybridized carbons (Fsp3) is 0.231. The van der Waals surface area contributed by atoms with Crippen molar-refractivity contribution in [2.24, 2.45) is 0 Å². The average Bonchev–Trinajstić information content (AvgIpc) is 3.36. The lowest BCUT2D eigenvalue weighted by molar-refractivity contribution is -0.121. The predicted molar refractivity (Wildman–Crippen MR) is 126 cm³/mol. The summed E-state index contributed by atoms with van der Waals surface area (Å²) in [6, 6.07) is 13.8. The Labute approximate surface area is 197 Å². The number of amides is 4. The van der Waals surface area contributed by atoms with Gasteiger partial charge in [-0.25, -0.2) is 9.80 Å². The Morgan fingerprint density at radius 1 is 0.471 bits per heavy atom. The van der Waals surface area contributed by atoms with Crippen molar-refractivity contribution in [3.05, 3.63) is 72.8 Å². The summed E-state index contributed by atoms with van der Waals surface area (Å²) in [6.07, 6.45) is 8.82. The number of hydrogen-bond donors (Lipinski definition) is 0. The number of carbonyl (C=O) groups excluding carboxylic acids is 4. The van der Waals surface area contributed by atoms with Crippen molar-refractivity contribution in [1.29, 1.82) is 0 Å². The van der Waals surface area contributed by atoms with Gasteiger partial charge in [0.25, 0.3) is 23.6 Å². The van der Waals surface area contributed by atoms with Crippen LogP contribution in [0.3, 0.4) is 0 Å². The Morgan fingerprint density at radius 3 is 1.12 bits per heavy atom. The van der Waals surface area contributed by atoms with E-state index in [1.54, 1.807) is 48.5 Å². The molecular weight excluding hydrogens is 436 g/mol. The van der Waals surface area contributed by atoms with Crippen LogP contribution in [-0.2, 0) is 19.2 Å². The standard InChI is InChI=1S/C26H24N2O6/c29-23-13-14-24(30)27(23)19-5-9-21(10-6-19)33-17-3-1-2-4-18-34-22-11-7-20(8-12-22)28-25(31)15-16-26(28)32/h5-16H,1-4,17-18H2. The molecule has 2 aliphatic heterocycles. The number of ether oxygens (including phenoxy) is 2. The van der Waals surface area contributed by atoms with Crippen LogP contribution in [0.25, 0.3) is 0 Å². The summed E-state index contributed by atoms with van der Waals surface area (Å²) in [4.78, 5) is 49.1. The zero-order valence-electron chi connectivity index (χ0n) is 18.5. The molecule has 0 spiro atoms. The highest BCUT2D eigenvalue weighted by molar-refractivity contribution is 6.28. The molecule has 4 amide bonds. The Hall–Kier alpha value is -4.20. The number of carbonyl (C=O) groups is 4. The third-order valence-corrected chi connectivity index (χ3v) is 5.38. The minimum absolute atomic E-state index is 0.340. The number of hydrogen-bond acceptors (Lipinski definition) is 6. The van der Waals surface area contributed by atoms with E-state index in [-0.39, 0.29) is 23.6 Å². The van der Waals surface area contributed by atoms with Crippen LogP contribution in [0.15, 0.2) is 72.8 Å². The number of benzene rings is 2. The minimum Gasteiger partial charge on any atom is -0.494 e. The summed E-state index contributed by atoms with van der Waals surface area (Å²) < 4.78 is 11.5. The van der Waals surface area contributed by atoms with Crippen LogP contribution in [0, 0.1) is 0 Å². The van der Waals surface area contributed by atoms with E-state index in [1.807, 2.05) is 0 Å². The van der Waals surface area contributed by atoms with Crippen molar-refractivity contribution >= 4 is 35.0 Å². The first-order valence-corrected chi connectivity index (χ1v) is 11.1. The number of imide groups is 2. The minimum atomic E-state index is -0.340. The van der Waals surface area contributed by atoms with Crippen molar-refractivity contribution in [1.82, 2.24) is 0 Å². The van der Waals surface area contributed by atoms with E-state index in [1.165, 1.54) is 24.3 Å². The number of anilines is 2. The summed E-state index contributed by atoms with van der Waals surface area (Å²) in [5.41, 5.74) is 1.05. The molecule has 2 aromatic carbocycles. The quantitative estimate of drug-likeness (QED) is 0.376. The molecule has 0 saturated carbocycles. The second kappa shape index (κ2) is 10.6. The summed E-state index contributed by atoms with van der Waals surface area (Å²) in [5.74, 6) is 0.0190. The second-order valence-electron chi connectivity index (χ2n) is 7.79. The van der Waals surface area contributed by atoms with Gasteiger partial charge in [0.05, 0.1) is 24.6 Å². The van der Waals surface area contributed by atoms with Gasteiger partial charge in [0.1, 0.15) is 11.5 Å². The van der Waals surface area contributed by atoms with E-state index in [2.05, 4.69) is 0 Å². The van der Waals surface area contributed by atoms with Gasteiger partial charge in [0.15, 0.2) is 0 Å². The van der Waals surface area contributed by atoms with Gasteiger partial charge in [-0.1, -0.05) is 0 Å². The number of rotatable bonds is 11. The SMILES string of the molecule is O=C1C=CC(=O)N1c1ccc(OCCCCCCOc2ccc(N3C(=O)C=CC3=O)cc2)cc1. The predicted octanol–water partition coefficient (Wildman–Crippen LogP) is 3.56. The first-order valence-electron chi connectivity index (χ1n) is 11.1. The van der Waals surface area contributed by atoms with Gasteiger partial charge in [-0.15, -0.1) is 0 Å². The van der Waals surface area contributed by atoms with Crippen LogP contribution in [0.2, 0.25) is 0 Å². The Morgan fingerprint density at radius 2 is 0.794 bits per heavy atom. The zero-order valence-corrected chi connectivity index (χ0v) is 18.5. The van der Waals surface area contributed by atoms with Crippen LogP contribution in [0.4, 0.5) is 11.4 Å². The van der Waals surface area contributed by atoms with Crippen LogP contribution >= 0.6 is 0 Å². The monoisotopic (exact) mass is 460 g/mol. The molecule has 0 N–H and O–H groups in total. The maximum atomic E-state index is 11.7. The van der Waals surface area contributed by atoms with E-state index in [9.17, 15) is 19.2 Å². The maximum Gasteiger partial charge on any atom is 0.258 e. The summed E-state index contributed by atoms with van der Waals surface area (Å²) in [7, 11) is 0. The fourth-order valence-corrected chi connectivity index (χ4v) is 3.63. The zero-order chi connectivity index (χ0) is 23.9. The van der Waals surface area contributed by atoms with Gasteiger partial charge in [-0.2, -0.15) is 0 Å². The van der Waals surface area contributed by atoms with Crippen LogP contribution in [-0.4, -0.2) is 36.8 Å². The molecule has 0 radical (unpaired) electrons. The lowest BCUT2D eigenvalue weighted by Gasteiger charge is -2.14. The number of unbranched alkanes of at least 4 members (excludes halogenated alkanes) is 3. The molecule has 2 aromatic rings. The van der Waals surface area contributed by atoms with Gasteiger partial charge < -0.3 is 9.47 Å². The van der Waals surface area contributed by atoms with Gasteiger partial charge in [0.2, 0.25) is 0 Å². The highest BCUT2D eigenvalue weighted by Crippen LogP contribution is 2.24. The average molecular weight is 460 g/mol. The van der Waals surface area contributed by atoms with Crippen LogP contribution < -0.4 is 19.3 Å². The molecule has 8 heteroatoms. The molecule has 0 fully saturated rings. The van der Waals surface area contributed by atoms with E-state index < -0.39 is 0 Å². The van der Waals surface area contributed by atoms with Crippen molar-refractivity contribution in [2.45, 2.75) is 25.7 Å². The first kappa shape index (κ1) is 23.0. The van der Waals surface area contributed by atoms with Crippen molar-refractivity contribution < 1.29 is 28.7 Å². The Balaban J connectivity index is 1.08. The number of nitrogens with zero attached hydrogens (tertiary/aromatic N) is 2. The van der Waals surface area contributed by atoms with Crippen molar-refractivity contribution in [3.63, 3.8) is 0 Å². The summed E-state index contributed by atoms with van der Waals surface area (Å²) in [5, 5.41) is 0. The van der Waals surface area contributed by atoms with Gasteiger partial charge in [-0.05, 0) is 74.2 Å². The highest BCUT2D eigenvalue weighted by Gasteiger charge is 2.25. The molecule has 0 aliphatic carbocycles. The molecule has 0 bridgehead atoms. The third-order valence-electron chi connectivity index (χ3n) is 5.38. The second-order valence-corrected chi connectivity index (χ2v) is 7.79. The molecule has 2 heterocycles. The van der Waals surface area contributed by atoms with Gasteiger partial charge in [0, 0.05) is 24.3 Å². The molecule has 34 heavy (non-hydrogen) atoms. The lowest BCUT2D eigenvalue weighted by atomic mass is 10.2. The van der Waals surface area contributed by atoms with Crippen LogP contribution in [0.1, 0.15) is 25.7 Å². The summed E-state index contributed by atoms with van der Waals surface area (Å²) in [6.45, 7) is 1.15. The van der Waals surface area contributed by atoms with Gasteiger partial charge in [-0.3, -0.25) is 19.2 Å². The largest absolute Gasteiger partial charge is 0.494 e. The van der Waals surface area contributed by atoms with E-state index in [0.717, 1.165) is 35.5 Å². The van der Waals surface area contributed by atoms with Crippen LogP contribution in [0.5, 0.6) is 11.5 Å². The van der Waals surface area contributed by atoms with Gasteiger partial charge >= 0.3 is 0 Å². The smallest absolute Gasteiger partial charge is 0.258 e. The molecule has 0 saturated heterocycles. The van der Waals surface area contributed by atoms with E-state index >= 15 is 0 Å². The molecule has 4 rings (SSSR count). The Bertz CT molecular complexity index is 1010. The topological polar surface area (TPSA) is 93.2 Å². The molecule has 0 unspecified atom stereocenters. The van der Waals surface area contributed by atoms with E-state index in [4.69, 9.17) is 9.47 Å². The fourth-order valence-electron chi connectivity index (χ4n) is 3.63. The molecule has 0 aromatic heterocycles. The molecule has 8 nitrogen and oxygen atoms in total.